The van der Waals surface area contributed by atoms with E-state index in [2.05, 4.69) is 4.99 Å². The maximum atomic E-state index is 9.15. The first-order valence-electron chi connectivity index (χ1n) is 4.90. The minimum atomic E-state index is -0.977. The van der Waals surface area contributed by atoms with Gasteiger partial charge in [0, 0.05) is 10.6 Å². The van der Waals surface area contributed by atoms with Gasteiger partial charge < -0.3 is 14.9 Å². The van der Waals surface area contributed by atoms with Crippen molar-refractivity contribution in [3.8, 4) is 0 Å². The molecule has 0 aliphatic carbocycles. The Morgan fingerprint density at radius 3 is 2.38 bits per heavy atom. The van der Waals surface area contributed by atoms with E-state index in [-0.39, 0.29) is 19.8 Å². The monoisotopic (exact) mass is 241 g/mol. The molecule has 0 bridgehead atoms. The van der Waals surface area contributed by atoms with Crippen LogP contribution in [0.25, 0.3) is 0 Å². The molecule has 0 fully saturated rings. The summed E-state index contributed by atoms with van der Waals surface area (Å²) in [6, 6.07) is 7.04. The highest BCUT2D eigenvalue weighted by Gasteiger charge is 2.37. The van der Waals surface area contributed by atoms with Crippen molar-refractivity contribution in [2.24, 2.45) is 4.99 Å². The summed E-state index contributed by atoms with van der Waals surface area (Å²) >= 11 is 5.77. The molecular formula is C11H12ClNO3. The second-order valence-electron chi connectivity index (χ2n) is 3.73. The normalized spacial score (nSPS) is 18.1. The van der Waals surface area contributed by atoms with Crippen LogP contribution in [-0.4, -0.2) is 41.5 Å². The molecular weight excluding hydrogens is 230 g/mol. The summed E-state index contributed by atoms with van der Waals surface area (Å²) in [5.74, 6) is 0.430. The summed E-state index contributed by atoms with van der Waals surface area (Å²) in [5, 5.41) is 18.9. The first kappa shape index (κ1) is 11.4. The first-order valence-corrected chi connectivity index (χ1v) is 5.28. The van der Waals surface area contributed by atoms with Crippen molar-refractivity contribution in [2.75, 3.05) is 19.8 Å². The molecule has 0 spiro atoms. The first-order chi connectivity index (χ1) is 7.69. The van der Waals surface area contributed by atoms with Gasteiger partial charge in [0.25, 0.3) is 0 Å². The van der Waals surface area contributed by atoms with Crippen LogP contribution in [0, 0.1) is 0 Å². The van der Waals surface area contributed by atoms with Crippen LogP contribution in [0.5, 0.6) is 0 Å². The molecule has 0 unspecified atom stereocenters. The van der Waals surface area contributed by atoms with E-state index in [0.29, 0.717) is 10.9 Å². The van der Waals surface area contributed by atoms with Gasteiger partial charge in [-0.05, 0) is 24.3 Å². The SMILES string of the molecule is OCC1(CO)CN=C(c2ccc(Cl)cc2)O1. The molecule has 0 radical (unpaired) electrons. The largest absolute Gasteiger partial charge is 0.464 e. The predicted molar refractivity (Wildman–Crippen MR) is 60.8 cm³/mol. The Balaban J connectivity index is 2.17. The van der Waals surface area contributed by atoms with Gasteiger partial charge in [0.15, 0.2) is 5.60 Å². The lowest BCUT2D eigenvalue weighted by atomic mass is 10.1. The molecule has 1 aromatic carbocycles. The number of rotatable bonds is 3. The van der Waals surface area contributed by atoms with Crippen LogP contribution in [-0.2, 0) is 4.74 Å². The molecule has 2 N–H and O–H groups in total. The summed E-state index contributed by atoms with van der Waals surface area (Å²) in [6.45, 7) is -0.258. The lowest BCUT2D eigenvalue weighted by molar-refractivity contribution is -0.0211. The van der Waals surface area contributed by atoms with Crippen molar-refractivity contribution in [1.82, 2.24) is 0 Å². The Labute approximate surface area is 98.2 Å². The number of aliphatic imine (C=N–C) groups is 1. The summed E-state index contributed by atoms with van der Waals surface area (Å²) in [7, 11) is 0. The van der Waals surface area contributed by atoms with Gasteiger partial charge in [-0.25, -0.2) is 4.99 Å². The van der Waals surface area contributed by atoms with Gasteiger partial charge in [-0.3, -0.25) is 0 Å². The average molecular weight is 242 g/mol. The van der Waals surface area contributed by atoms with E-state index in [4.69, 9.17) is 26.6 Å². The maximum absolute atomic E-state index is 9.15. The lowest BCUT2D eigenvalue weighted by Gasteiger charge is -2.23. The van der Waals surface area contributed by atoms with Crippen molar-refractivity contribution in [2.45, 2.75) is 5.60 Å². The fraction of sp³-hybridized carbons (Fsp3) is 0.364. The number of halogens is 1. The van der Waals surface area contributed by atoms with Crippen LogP contribution >= 0.6 is 11.6 Å². The Morgan fingerprint density at radius 1 is 1.25 bits per heavy atom. The predicted octanol–water partition coefficient (Wildman–Crippen LogP) is 0.840. The molecule has 0 atom stereocenters. The summed E-state index contributed by atoms with van der Waals surface area (Å²) in [4.78, 5) is 4.16. The molecule has 5 heteroatoms. The molecule has 0 amide bonds. The number of ether oxygens (including phenoxy) is 1. The quantitative estimate of drug-likeness (QED) is 0.825. The van der Waals surface area contributed by atoms with E-state index in [1.54, 1.807) is 24.3 Å². The van der Waals surface area contributed by atoms with E-state index in [0.717, 1.165) is 5.56 Å². The molecule has 4 nitrogen and oxygen atoms in total. The van der Waals surface area contributed by atoms with E-state index in [1.165, 1.54) is 0 Å². The fourth-order valence-electron chi connectivity index (χ4n) is 1.44. The number of nitrogens with zero attached hydrogens (tertiary/aromatic N) is 1. The number of hydrogen-bond donors (Lipinski definition) is 2. The third-order valence-electron chi connectivity index (χ3n) is 2.49. The van der Waals surface area contributed by atoms with Gasteiger partial charge in [-0.2, -0.15) is 0 Å². The minimum Gasteiger partial charge on any atom is -0.464 e. The molecule has 1 heterocycles. The topological polar surface area (TPSA) is 62.0 Å². The van der Waals surface area contributed by atoms with Crippen LogP contribution in [0.3, 0.4) is 0 Å². The van der Waals surface area contributed by atoms with Gasteiger partial charge in [0.2, 0.25) is 5.90 Å². The zero-order valence-electron chi connectivity index (χ0n) is 8.56. The minimum absolute atomic E-state index is 0.260. The Bertz CT molecular complexity index is 398. The van der Waals surface area contributed by atoms with Crippen LogP contribution in [0.1, 0.15) is 5.56 Å². The third-order valence-corrected chi connectivity index (χ3v) is 2.74. The Kier molecular flexibility index (Phi) is 3.14. The van der Waals surface area contributed by atoms with Gasteiger partial charge in [0.1, 0.15) is 0 Å². The zero-order chi connectivity index (χ0) is 11.6. The third kappa shape index (κ3) is 2.04. The molecule has 0 aromatic heterocycles. The number of aliphatic hydroxyl groups excluding tert-OH is 2. The zero-order valence-corrected chi connectivity index (χ0v) is 9.31. The second-order valence-corrected chi connectivity index (χ2v) is 4.17. The van der Waals surface area contributed by atoms with Crippen molar-refractivity contribution >= 4 is 17.5 Å². The molecule has 1 aliphatic heterocycles. The van der Waals surface area contributed by atoms with Crippen LogP contribution in [0.15, 0.2) is 29.3 Å². The van der Waals surface area contributed by atoms with E-state index < -0.39 is 5.60 Å². The fourth-order valence-corrected chi connectivity index (χ4v) is 1.57. The van der Waals surface area contributed by atoms with Crippen molar-refractivity contribution in [3.63, 3.8) is 0 Å². The van der Waals surface area contributed by atoms with E-state index in [1.807, 2.05) is 0 Å². The number of aliphatic hydroxyl groups is 2. The molecule has 2 rings (SSSR count). The highest BCUT2D eigenvalue weighted by Crippen LogP contribution is 2.22. The van der Waals surface area contributed by atoms with Gasteiger partial charge in [-0.1, -0.05) is 11.6 Å². The van der Waals surface area contributed by atoms with Crippen molar-refractivity contribution in [3.05, 3.63) is 34.9 Å². The van der Waals surface area contributed by atoms with Gasteiger partial charge in [-0.15, -0.1) is 0 Å². The van der Waals surface area contributed by atoms with E-state index in [9.17, 15) is 0 Å². The Hall–Kier alpha value is -1.10. The molecule has 1 aromatic rings. The van der Waals surface area contributed by atoms with Crippen molar-refractivity contribution < 1.29 is 14.9 Å². The average Bonchev–Trinajstić information content (AvgIpc) is 2.75. The maximum Gasteiger partial charge on any atom is 0.217 e. The molecule has 1 aliphatic rings. The van der Waals surface area contributed by atoms with Crippen LogP contribution in [0.4, 0.5) is 0 Å². The van der Waals surface area contributed by atoms with Crippen LogP contribution in [0.2, 0.25) is 5.02 Å². The highest BCUT2D eigenvalue weighted by atomic mass is 35.5. The summed E-state index contributed by atoms with van der Waals surface area (Å²) in [5.41, 5.74) is -0.192. The van der Waals surface area contributed by atoms with Crippen molar-refractivity contribution in [1.29, 1.82) is 0 Å². The van der Waals surface area contributed by atoms with Gasteiger partial charge in [0.05, 0.1) is 19.8 Å². The molecule has 86 valence electrons. The number of hydrogen-bond acceptors (Lipinski definition) is 4. The standard InChI is InChI=1S/C11H12ClNO3/c12-9-3-1-8(2-4-9)10-13-5-11(6-14,7-15)16-10/h1-4,14-15H,5-7H2. The van der Waals surface area contributed by atoms with Crippen LogP contribution < -0.4 is 0 Å². The lowest BCUT2D eigenvalue weighted by Crippen LogP contribution is -2.41. The van der Waals surface area contributed by atoms with Gasteiger partial charge >= 0.3 is 0 Å². The molecule has 0 saturated carbocycles. The summed E-state index contributed by atoms with van der Waals surface area (Å²) < 4.78 is 5.48. The molecule has 16 heavy (non-hydrogen) atoms. The molecule has 0 saturated heterocycles. The Morgan fingerprint density at radius 2 is 1.88 bits per heavy atom. The highest BCUT2D eigenvalue weighted by molar-refractivity contribution is 6.30. The summed E-state index contributed by atoms with van der Waals surface area (Å²) in [6.07, 6.45) is 0. The second kappa shape index (κ2) is 4.41. The number of benzene rings is 1. The van der Waals surface area contributed by atoms with E-state index >= 15 is 0 Å². The smallest absolute Gasteiger partial charge is 0.217 e.